The standard InChI is InChI=1S/C21H25ClN6O5.C16H17ClN6O3.C12H12BrClN2O3.C9H14N4O2.3CH4/c1-19(2,3)33-18(31)26-14-9-13(23-10-24-14)25-12-8-11(22)15-16(29)27-21(28(15)17(12)30)6-7-32-20(21,4)5;1-15(2)16(3-4-26-15)22-13(24)12-8(17)5-9(14(25)23(12)16)21-11-6-10(18)19-7-20-11;1-11(2)12(3-4-19-11)15-9(17)8-7(14)5-6(13)10(18)16(8)12;1-9(2,3)15-8(14)13-7-4-6(10)11-5-12-7;;;/h8-10H,6-7H2,1-5H3,(H,27,29)(H2,23,24,25,26,31);5-7H,3-4H2,1-2H3,(H,22,24)(H3,18,19,20,21);5H,3-4H2,1-2H3,(H,15,17);4-5H,1-3H3,(H3,10,11,12,13,14);3*1H4. The molecule has 11 N–H and O–H groups in total. The molecule has 6 aromatic rings. The zero-order valence-corrected chi connectivity index (χ0v) is 56.3. The number of anilines is 8. The smallest absolute Gasteiger partial charge is 0.413 e. The molecule has 3 unspecified atom stereocenters. The molecule has 35 heteroatoms. The molecule has 0 radical (unpaired) electrons. The summed E-state index contributed by atoms with van der Waals surface area (Å²) in [7, 11) is 0. The summed E-state index contributed by atoms with van der Waals surface area (Å²) < 4.78 is 32.1. The van der Waals surface area contributed by atoms with E-state index >= 15 is 0 Å². The van der Waals surface area contributed by atoms with Gasteiger partial charge >= 0.3 is 12.2 Å². The highest BCUT2D eigenvalue weighted by molar-refractivity contribution is 9.10. The van der Waals surface area contributed by atoms with Gasteiger partial charge in [0.1, 0.15) is 110 Å². The third kappa shape index (κ3) is 14.7. The number of halogens is 4. The number of hydrogen-bond acceptors (Lipinski definition) is 23. The van der Waals surface area contributed by atoms with Crippen LogP contribution in [0.3, 0.4) is 0 Å². The van der Waals surface area contributed by atoms with Crippen molar-refractivity contribution in [2.24, 2.45) is 0 Å². The Bertz CT molecular complexity index is 4230. The van der Waals surface area contributed by atoms with Gasteiger partial charge in [-0.2, -0.15) is 0 Å². The summed E-state index contributed by atoms with van der Waals surface area (Å²) in [5.74, 6) is 0.441. The molecular formula is C61H80BrCl3N18O13. The van der Waals surface area contributed by atoms with Crippen molar-refractivity contribution in [1.82, 2.24) is 59.6 Å². The predicted octanol–water partition coefficient (Wildman–Crippen LogP) is 9.36. The number of rotatable bonds is 6. The van der Waals surface area contributed by atoms with Crippen molar-refractivity contribution in [2.45, 2.75) is 170 Å². The summed E-state index contributed by atoms with van der Waals surface area (Å²) in [5.41, 5.74) is 4.17. The first-order valence-corrected chi connectivity index (χ1v) is 30.6. The van der Waals surface area contributed by atoms with Crippen LogP contribution in [-0.2, 0) is 40.7 Å². The van der Waals surface area contributed by atoms with Gasteiger partial charge in [0, 0.05) is 37.5 Å². The topological polar surface area (TPSA) is 411 Å². The Morgan fingerprint density at radius 2 is 0.802 bits per heavy atom. The van der Waals surface area contributed by atoms with E-state index in [2.05, 4.69) is 83.1 Å². The summed E-state index contributed by atoms with van der Waals surface area (Å²) in [6.45, 7) is 22.8. The van der Waals surface area contributed by atoms with E-state index in [9.17, 15) is 38.4 Å². The Hall–Kier alpha value is -8.53. The van der Waals surface area contributed by atoms with Crippen LogP contribution < -0.4 is 65.4 Å². The number of carbonyl (C=O) groups is 5. The van der Waals surface area contributed by atoms with Crippen LogP contribution in [0.15, 0.2) is 74.2 Å². The minimum Gasteiger partial charge on any atom is -0.444 e. The largest absolute Gasteiger partial charge is 0.444 e. The number of nitrogens with one attached hydrogen (secondary N) is 7. The summed E-state index contributed by atoms with van der Waals surface area (Å²) in [5, 5.41) is 20.0. The van der Waals surface area contributed by atoms with E-state index in [0.29, 0.717) is 55.2 Å². The summed E-state index contributed by atoms with van der Waals surface area (Å²) in [6.07, 6.45) is 3.93. The first-order valence-electron chi connectivity index (χ1n) is 28.7. The van der Waals surface area contributed by atoms with E-state index in [1.165, 1.54) is 69.1 Å². The Morgan fingerprint density at radius 3 is 1.14 bits per heavy atom. The van der Waals surface area contributed by atoms with Crippen LogP contribution in [0.2, 0.25) is 15.1 Å². The molecule has 3 spiro atoms. The highest BCUT2D eigenvalue weighted by Crippen LogP contribution is 2.47. The second kappa shape index (κ2) is 27.9. The number of nitrogen functional groups attached to an aromatic ring is 2. The minimum atomic E-state index is -1.06. The fourth-order valence-electron chi connectivity index (χ4n) is 11.4. The lowest BCUT2D eigenvalue weighted by Gasteiger charge is -2.37. The van der Waals surface area contributed by atoms with Gasteiger partial charge < -0.3 is 61.7 Å². The van der Waals surface area contributed by atoms with Gasteiger partial charge in [0.2, 0.25) is 0 Å². The van der Waals surface area contributed by atoms with Gasteiger partial charge in [0.05, 0.1) is 39.4 Å². The number of hydrogen-bond donors (Lipinski definition) is 9. The zero-order chi connectivity index (χ0) is 68.3. The Morgan fingerprint density at radius 1 is 0.500 bits per heavy atom. The fraction of sp³-hybridized carbons (Fsp3) is 0.475. The van der Waals surface area contributed by atoms with E-state index in [1.807, 2.05) is 41.5 Å². The fourth-order valence-corrected chi connectivity index (χ4v) is 12.8. The molecule has 6 aliphatic heterocycles. The predicted molar refractivity (Wildman–Crippen MR) is 366 cm³/mol. The first-order chi connectivity index (χ1) is 43.2. The molecule has 0 aliphatic carbocycles. The molecule has 0 bridgehead atoms. The highest BCUT2D eigenvalue weighted by Gasteiger charge is 2.61. The van der Waals surface area contributed by atoms with E-state index in [4.69, 9.17) is 70.0 Å². The average Bonchev–Trinajstić information content (AvgIpc) is 1.56. The molecule has 6 aliphatic rings. The van der Waals surface area contributed by atoms with Gasteiger partial charge in [-0.15, -0.1) is 0 Å². The third-order valence-corrected chi connectivity index (χ3v) is 17.2. The summed E-state index contributed by atoms with van der Waals surface area (Å²) in [4.78, 5) is 123. The number of amides is 5. The minimum absolute atomic E-state index is 0. The number of nitrogens with zero attached hydrogens (tertiary/aromatic N) is 9. The molecule has 520 valence electrons. The normalized spacial score (nSPS) is 20.6. The number of ether oxygens (including phenoxy) is 5. The van der Waals surface area contributed by atoms with Crippen molar-refractivity contribution in [3.8, 4) is 0 Å². The van der Waals surface area contributed by atoms with Crippen molar-refractivity contribution < 1.29 is 47.7 Å². The molecule has 0 aromatic carbocycles. The van der Waals surface area contributed by atoms with Gasteiger partial charge in [-0.05, 0) is 117 Å². The Labute approximate surface area is 576 Å². The van der Waals surface area contributed by atoms with Crippen molar-refractivity contribution in [2.75, 3.05) is 52.6 Å². The van der Waals surface area contributed by atoms with E-state index < -0.39 is 80.1 Å². The number of aromatic nitrogens is 9. The van der Waals surface area contributed by atoms with Crippen molar-refractivity contribution >= 4 is 127 Å². The molecular weight excluding hydrogens is 1380 g/mol. The molecule has 12 rings (SSSR count). The number of nitrogens with two attached hydrogens (primary N) is 2. The maximum Gasteiger partial charge on any atom is 0.413 e. The zero-order valence-electron chi connectivity index (χ0n) is 52.4. The molecule has 96 heavy (non-hydrogen) atoms. The quantitative estimate of drug-likeness (QED) is 0.0749. The second-order valence-electron chi connectivity index (χ2n) is 25.3. The third-order valence-electron chi connectivity index (χ3n) is 15.8. The lowest BCUT2D eigenvalue weighted by Crippen LogP contribution is -2.58. The maximum atomic E-state index is 13.5. The molecule has 5 amide bonds. The Kier molecular flexibility index (Phi) is 22.2. The van der Waals surface area contributed by atoms with Crippen LogP contribution in [0.4, 0.5) is 55.9 Å². The van der Waals surface area contributed by atoms with Crippen molar-refractivity contribution in [1.29, 1.82) is 0 Å². The summed E-state index contributed by atoms with van der Waals surface area (Å²) in [6, 6.07) is 8.63. The molecule has 6 aromatic heterocycles. The van der Waals surface area contributed by atoms with Crippen LogP contribution >= 0.6 is 50.7 Å². The van der Waals surface area contributed by atoms with Gasteiger partial charge in [0.25, 0.3) is 34.4 Å². The number of fused-ring (bicyclic) bond motifs is 6. The monoisotopic (exact) mass is 1460 g/mol. The van der Waals surface area contributed by atoms with Gasteiger partial charge in [-0.1, -0.05) is 57.1 Å². The van der Waals surface area contributed by atoms with E-state index in [0.717, 1.165) is 0 Å². The molecule has 3 atom stereocenters. The van der Waals surface area contributed by atoms with Gasteiger partial charge in [0.15, 0.2) is 17.0 Å². The molecule has 31 nitrogen and oxygen atoms in total. The van der Waals surface area contributed by atoms with Crippen LogP contribution in [0.5, 0.6) is 0 Å². The van der Waals surface area contributed by atoms with E-state index in [-0.39, 0.29) is 101 Å². The van der Waals surface area contributed by atoms with Crippen LogP contribution in [-0.4, -0.2) is 121 Å². The SMILES string of the molecule is C.C.C.CC(C)(C)OC(=O)Nc1cc(N)ncn1.CC(C)(C)OC(=O)Nc1cc(Nc2cc(Cl)c3n(c2=O)C2(CCOC2(C)C)NC3=O)ncn1.CC1(C)OCCC12NC(=O)c1c(Cl)cc(Br)c(=O)n12.CC1(C)OCCC12NC(=O)c1c(Cl)cc(Nc3cc(N)ncn3)c(=O)n12. The van der Waals surface area contributed by atoms with Gasteiger partial charge in [-0.3, -0.25) is 53.1 Å². The van der Waals surface area contributed by atoms with Crippen LogP contribution in [0, 0.1) is 0 Å². The second-order valence-corrected chi connectivity index (χ2v) is 27.4. The van der Waals surface area contributed by atoms with Crippen LogP contribution in [0.25, 0.3) is 0 Å². The number of carbonyl (C=O) groups excluding carboxylic acids is 5. The molecule has 0 saturated carbocycles. The summed E-state index contributed by atoms with van der Waals surface area (Å²) >= 11 is 22.0. The molecule has 3 fully saturated rings. The number of pyridine rings is 3. The maximum absolute atomic E-state index is 13.5. The van der Waals surface area contributed by atoms with Crippen molar-refractivity contribution in [3.63, 3.8) is 0 Å². The van der Waals surface area contributed by atoms with E-state index in [1.54, 1.807) is 41.5 Å². The lowest BCUT2D eigenvalue weighted by atomic mass is 9.91. The molecule has 3 saturated heterocycles. The van der Waals surface area contributed by atoms with Gasteiger partial charge in [-0.25, -0.2) is 39.5 Å². The first kappa shape index (κ1) is 76.5. The van der Waals surface area contributed by atoms with Crippen molar-refractivity contribution in [3.05, 3.63) is 123 Å². The average molecular weight is 1460 g/mol. The van der Waals surface area contributed by atoms with Crippen LogP contribution in [0.1, 0.15) is 156 Å². The highest BCUT2D eigenvalue weighted by atomic mass is 79.9. The Balaban J connectivity index is 0.000000208. The lowest BCUT2D eigenvalue weighted by molar-refractivity contribution is -0.0336. The molecule has 12 heterocycles.